The van der Waals surface area contributed by atoms with Crippen LogP contribution in [0.5, 0.6) is 0 Å². The van der Waals surface area contributed by atoms with Crippen molar-refractivity contribution in [3.05, 3.63) is 29.3 Å². The Balaban J connectivity index is 1.41. The van der Waals surface area contributed by atoms with Gasteiger partial charge in [-0.1, -0.05) is 6.07 Å². The van der Waals surface area contributed by atoms with E-state index in [1.54, 1.807) is 6.07 Å². The summed E-state index contributed by atoms with van der Waals surface area (Å²) in [4.78, 5) is 14.8. The number of piperazine rings is 1. The van der Waals surface area contributed by atoms with Gasteiger partial charge in [0.2, 0.25) is 15.9 Å². The zero-order valence-electron chi connectivity index (χ0n) is 15.0. The third-order valence-corrected chi connectivity index (χ3v) is 7.72. The molecule has 0 spiro atoms. The van der Waals surface area contributed by atoms with Gasteiger partial charge in [0.15, 0.2) is 0 Å². The molecular weight excluding hydrogens is 352 g/mol. The fraction of sp³-hybridized carbons (Fsp3) is 0.632. The maximum atomic E-state index is 13.0. The van der Waals surface area contributed by atoms with Crippen molar-refractivity contribution in [2.45, 2.75) is 37.0 Å². The monoisotopic (exact) mass is 378 g/mol. The Morgan fingerprint density at radius 2 is 1.69 bits per heavy atom. The zero-order chi connectivity index (χ0) is 18.1. The highest BCUT2D eigenvalue weighted by atomic mass is 32.2. The first-order valence-electron chi connectivity index (χ1n) is 9.54. The number of carbonyl (C=O) groups is 1. The maximum absolute atomic E-state index is 13.0. The number of ether oxygens (including phenoxy) is 1. The lowest BCUT2D eigenvalue weighted by Crippen LogP contribution is -2.52. The molecule has 4 rings (SSSR count). The molecular formula is C19H26N2O4S. The molecule has 1 aromatic carbocycles. The number of aryl methyl sites for hydroxylation is 2. The van der Waals surface area contributed by atoms with Crippen molar-refractivity contribution in [2.75, 3.05) is 39.4 Å². The highest BCUT2D eigenvalue weighted by Crippen LogP contribution is 2.27. The highest BCUT2D eigenvalue weighted by Gasteiger charge is 2.33. The second-order valence-corrected chi connectivity index (χ2v) is 9.34. The van der Waals surface area contributed by atoms with E-state index < -0.39 is 10.0 Å². The van der Waals surface area contributed by atoms with Gasteiger partial charge < -0.3 is 9.64 Å². The normalized spacial score (nSPS) is 22.4. The molecule has 1 amide bonds. The van der Waals surface area contributed by atoms with Crippen LogP contribution in [-0.4, -0.2) is 62.9 Å². The van der Waals surface area contributed by atoms with Crippen molar-refractivity contribution in [3.8, 4) is 0 Å². The molecule has 142 valence electrons. The smallest absolute Gasteiger partial charge is 0.243 e. The van der Waals surface area contributed by atoms with E-state index >= 15 is 0 Å². The molecule has 3 aliphatic rings. The lowest BCUT2D eigenvalue weighted by molar-refractivity contribution is -0.139. The predicted octanol–water partition coefficient (Wildman–Crippen LogP) is 1.43. The Morgan fingerprint density at radius 1 is 1.00 bits per heavy atom. The standard InChI is InChI=1S/C19H26N2O4S/c22-19(16-6-12-25-13-7-16)20-8-10-21(11-9-20)26(23,24)18-5-4-15-2-1-3-17(15)14-18/h4-5,14,16H,1-3,6-13H2. The number of nitrogens with zero attached hydrogens (tertiary/aromatic N) is 2. The number of amides is 1. The molecule has 0 atom stereocenters. The van der Waals surface area contributed by atoms with Gasteiger partial charge in [-0.15, -0.1) is 0 Å². The van der Waals surface area contributed by atoms with Gasteiger partial charge in [0.05, 0.1) is 4.90 Å². The molecule has 2 fully saturated rings. The lowest BCUT2D eigenvalue weighted by Gasteiger charge is -2.36. The first kappa shape index (κ1) is 17.9. The van der Waals surface area contributed by atoms with Crippen LogP contribution in [0.1, 0.15) is 30.4 Å². The maximum Gasteiger partial charge on any atom is 0.243 e. The van der Waals surface area contributed by atoms with Gasteiger partial charge in [-0.2, -0.15) is 4.31 Å². The van der Waals surface area contributed by atoms with E-state index in [-0.39, 0.29) is 11.8 Å². The number of sulfonamides is 1. The van der Waals surface area contributed by atoms with Gasteiger partial charge in [0.25, 0.3) is 0 Å². The van der Waals surface area contributed by atoms with Crippen LogP contribution in [-0.2, 0) is 32.4 Å². The van der Waals surface area contributed by atoms with Crippen LogP contribution >= 0.6 is 0 Å². The van der Waals surface area contributed by atoms with Gasteiger partial charge in [-0.25, -0.2) is 8.42 Å². The summed E-state index contributed by atoms with van der Waals surface area (Å²) in [5, 5.41) is 0. The number of hydrogen-bond acceptors (Lipinski definition) is 4. The summed E-state index contributed by atoms with van der Waals surface area (Å²) in [6.07, 6.45) is 4.65. The van der Waals surface area contributed by atoms with E-state index in [9.17, 15) is 13.2 Å². The number of fused-ring (bicyclic) bond motifs is 1. The van der Waals surface area contributed by atoms with Crippen molar-refractivity contribution >= 4 is 15.9 Å². The van der Waals surface area contributed by atoms with Gasteiger partial charge in [-0.3, -0.25) is 4.79 Å². The first-order chi connectivity index (χ1) is 12.6. The van der Waals surface area contributed by atoms with Gasteiger partial charge >= 0.3 is 0 Å². The van der Waals surface area contributed by atoms with Crippen LogP contribution in [0.25, 0.3) is 0 Å². The minimum Gasteiger partial charge on any atom is -0.381 e. The number of benzene rings is 1. The Labute approximate surface area is 155 Å². The average molecular weight is 378 g/mol. The molecule has 6 nitrogen and oxygen atoms in total. The third kappa shape index (κ3) is 3.40. The molecule has 26 heavy (non-hydrogen) atoms. The molecule has 2 heterocycles. The van der Waals surface area contributed by atoms with E-state index in [0.717, 1.165) is 32.1 Å². The molecule has 0 bridgehead atoms. The molecule has 2 aliphatic heterocycles. The summed E-state index contributed by atoms with van der Waals surface area (Å²) in [6, 6.07) is 5.54. The van der Waals surface area contributed by atoms with Crippen molar-refractivity contribution in [2.24, 2.45) is 5.92 Å². The molecule has 7 heteroatoms. The number of rotatable bonds is 3. The van der Waals surface area contributed by atoms with Crippen molar-refractivity contribution in [3.63, 3.8) is 0 Å². The Hall–Kier alpha value is -1.44. The molecule has 0 saturated carbocycles. The Kier molecular flexibility index (Phi) is 5.03. The summed E-state index contributed by atoms with van der Waals surface area (Å²) < 4.78 is 32.8. The summed E-state index contributed by atoms with van der Waals surface area (Å²) >= 11 is 0. The van der Waals surface area contributed by atoms with Crippen molar-refractivity contribution in [1.82, 2.24) is 9.21 Å². The van der Waals surface area contributed by atoms with E-state index in [1.807, 2.05) is 17.0 Å². The average Bonchev–Trinajstić information content (AvgIpc) is 3.16. The lowest BCUT2D eigenvalue weighted by atomic mass is 9.98. The van der Waals surface area contributed by atoms with Gasteiger partial charge in [-0.05, 0) is 55.4 Å². The largest absolute Gasteiger partial charge is 0.381 e. The molecule has 2 saturated heterocycles. The van der Waals surface area contributed by atoms with Crippen LogP contribution in [0.3, 0.4) is 0 Å². The Bertz CT molecular complexity index is 779. The van der Waals surface area contributed by atoms with Crippen molar-refractivity contribution in [1.29, 1.82) is 0 Å². The summed E-state index contributed by atoms with van der Waals surface area (Å²) in [5.74, 6) is 0.187. The second kappa shape index (κ2) is 7.29. The fourth-order valence-corrected chi connectivity index (χ4v) is 5.68. The van der Waals surface area contributed by atoms with E-state index in [0.29, 0.717) is 44.3 Å². The molecule has 0 aromatic heterocycles. The van der Waals surface area contributed by atoms with Crippen LogP contribution < -0.4 is 0 Å². The molecule has 0 radical (unpaired) electrons. The molecule has 0 unspecified atom stereocenters. The zero-order valence-corrected chi connectivity index (χ0v) is 15.8. The predicted molar refractivity (Wildman–Crippen MR) is 97.3 cm³/mol. The fourth-order valence-electron chi connectivity index (χ4n) is 4.21. The Morgan fingerprint density at radius 3 is 2.42 bits per heavy atom. The van der Waals surface area contributed by atoms with Crippen LogP contribution in [0.15, 0.2) is 23.1 Å². The van der Waals surface area contributed by atoms with E-state index in [4.69, 9.17) is 4.74 Å². The van der Waals surface area contributed by atoms with Crippen LogP contribution in [0.2, 0.25) is 0 Å². The molecule has 0 N–H and O–H groups in total. The van der Waals surface area contributed by atoms with E-state index in [1.165, 1.54) is 15.4 Å². The second-order valence-electron chi connectivity index (χ2n) is 7.40. The third-order valence-electron chi connectivity index (χ3n) is 5.83. The van der Waals surface area contributed by atoms with Gasteiger partial charge in [0.1, 0.15) is 0 Å². The van der Waals surface area contributed by atoms with Crippen molar-refractivity contribution < 1.29 is 17.9 Å². The topological polar surface area (TPSA) is 66.9 Å². The minimum absolute atomic E-state index is 0.0311. The highest BCUT2D eigenvalue weighted by molar-refractivity contribution is 7.89. The minimum atomic E-state index is -3.48. The number of carbonyl (C=O) groups excluding carboxylic acids is 1. The van der Waals surface area contributed by atoms with Crippen LogP contribution in [0, 0.1) is 5.92 Å². The van der Waals surface area contributed by atoms with E-state index in [2.05, 4.69) is 0 Å². The molecule has 1 aromatic rings. The van der Waals surface area contributed by atoms with Gasteiger partial charge in [0, 0.05) is 45.3 Å². The summed E-state index contributed by atoms with van der Waals surface area (Å²) in [6.45, 7) is 2.97. The van der Waals surface area contributed by atoms with Crippen LogP contribution in [0.4, 0.5) is 0 Å². The quantitative estimate of drug-likeness (QED) is 0.798. The summed E-state index contributed by atoms with van der Waals surface area (Å²) in [5.41, 5.74) is 2.44. The SMILES string of the molecule is O=C(C1CCOCC1)N1CCN(S(=O)(=O)c2ccc3c(c2)CCC3)CC1. The number of hydrogen-bond donors (Lipinski definition) is 0. The molecule has 1 aliphatic carbocycles. The first-order valence-corrected chi connectivity index (χ1v) is 11.0. The summed E-state index contributed by atoms with van der Waals surface area (Å²) in [7, 11) is -3.48.